The third kappa shape index (κ3) is 3.37. The van der Waals surface area contributed by atoms with Gasteiger partial charge in [-0.2, -0.15) is 10.8 Å². The molecular formula is C25H22ClN6O+. The predicted octanol–water partition coefficient (Wildman–Crippen LogP) is 4.62. The van der Waals surface area contributed by atoms with Crippen LogP contribution in [0, 0.1) is 5.92 Å². The minimum Gasteiger partial charge on any atom is -0.393 e. The first-order chi connectivity index (χ1) is 16.0. The van der Waals surface area contributed by atoms with Gasteiger partial charge in [-0.15, -0.1) is 4.59 Å². The van der Waals surface area contributed by atoms with Crippen LogP contribution in [0.2, 0.25) is 5.02 Å². The molecule has 1 atom stereocenters. The molecule has 7 nitrogen and oxygen atoms in total. The number of aliphatic imine (C=N–C) groups is 2. The number of para-hydroxylation sites is 1. The van der Waals surface area contributed by atoms with Gasteiger partial charge in [-0.1, -0.05) is 29.8 Å². The summed E-state index contributed by atoms with van der Waals surface area (Å²) in [6.45, 7) is 0. The molecule has 1 saturated carbocycles. The number of halogens is 1. The van der Waals surface area contributed by atoms with Gasteiger partial charge in [0.2, 0.25) is 5.70 Å². The van der Waals surface area contributed by atoms with Crippen molar-refractivity contribution < 1.29 is 9.70 Å². The first kappa shape index (κ1) is 20.3. The molecule has 164 valence electrons. The lowest BCUT2D eigenvalue weighted by Gasteiger charge is -2.31. The zero-order valence-corrected chi connectivity index (χ0v) is 18.4. The van der Waals surface area contributed by atoms with E-state index in [-0.39, 0.29) is 16.6 Å². The monoisotopic (exact) mass is 457 g/mol. The number of aliphatic hydroxyl groups excluding tert-OH is 1. The van der Waals surface area contributed by atoms with Gasteiger partial charge in [-0.25, -0.2) is 4.98 Å². The van der Waals surface area contributed by atoms with Gasteiger partial charge in [0.1, 0.15) is 17.7 Å². The highest BCUT2D eigenvalue weighted by molar-refractivity contribution is 6.34. The molecule has 3 heterocycles. The fourth-order valence-corrected chi connectivity index (χ4v) is 4.81. The van der Waals surface area contributed by atoms with Crippen LogP contribution in [0.1, 0.15) is 18.4 Å². The summed E-state index contributed by atoms with van der Waals surface area (Å²) in [5.74, 6) is 8.36. The van der Waals surface area contributed by atoms with E-state index < -0.39 is 0 Å². The summed E-state index contributed by atoms with van der Waals surface area (Å²) < 4.78 is -0.0986. The van der Waals surface area contributed by atoms with Gasteiger partial charge in [-0.3, -0.25) is 4.99 Å². The number of amidine groups is 1. The molecule has 0 radical (unpaired) electrons. The molecule has 8 heteroatoms. The minimum absolute atomic E-state index is 0.0986. The zero-order valence-electron chi connectivity index (χ0n) is 17.7. The Morgan fingerprint density at radius 3 is 2.70 bits per heavy atom. The second-order valence-electron chi connectivity index (χ2n) is 8.59. The zero-order chi connectivity index (χ0) is 22.6. The van der Waals surface area contributed by atoms with Gasteiger partial charge in [0.05, 0.1) is 34.6 Å². The van der Waals surface area contributed by atoms with Crippen molar-refractivity contribution >= 4 is 46.1 Å². The lowest BCUT2D eigenvalue weighted by Crippen LogP contribution is -2.53. The molecule has 6 rings (SSSR count). The van der Waals surface area contributed by atoms with Crippen molar-refractivity contribution in [3.63, 3.8) is 0 Å². The van der Waals surface area contributed by atoms with Crippen LogP contribution >= 0.6 is 11.6 Å². The highest BCUT2D eigenvalue weighted by Gasteiger charge is 2.48. The Labute approximate surface area is 195 Å². The maximum absolute atomic E-state index is 9.83. The van der Waals surface area contributed by atoms with Crippen LogP contribution in [0.5, 0.6) is 0 Å². The fraction of sp³-hybridized carbons (Fsp3) is 0.160. The van der Waals surface area contributed by atoms with Crippen molar-refractivity contribution in [3.8, 4) is 0 Å². The number of benzene rings is 2. The number of quaternary nitrogens is 1. The van der Waals surface area contributed by atoms with Crippen LogP contribution < -0.4 is 11.2 Å². The molecule has 1 unspecified atom stereocenters. The van der Waals surface area contributed by atoms with Crippen LogP contribution in [0.4, 0.5) is 11.5 Å². The van der Waals surface area contributed by atoms with E-state index in [2.05, 4.69) is 10.3 Å². The lowest BCUT2D eigenvalue weighted by molar-refractivity contribution is -0.750. The molecule has 3 aliphatic rings. The van der Waals surface area contributed by atoms with Crippen LogP contribution in [0.25, 0.3) is 10.9 Å². The fourth-order valence-electron chi connectivity index (χ4n) is 4.55. The number of rotatable bonds is 4. The lowest BCUT2D eigenvalue weighted by atomic mass is 9.79. The Hall–Kier alpha value is -3.36. The van der Waals surface area contributed by atoms with E-state index in [1.165, 1.54) is 0 Å². The second kappa shape index (κ2) is 7.60. The maximum atomic E-state index is 9.83. The molecule has 2 aliphatic heterocycles. The second-order valence-corrected chi connectivity index (χ2v) is 9.00. The molecule has 1 fully saturated rings. The molecule has 0 amide bonds. The van der Waals surface area contributed by atoms with Crippen molar-refractivity contribution in [2.75, 3.05) is 5.32 Å². The van der Waals surface area contributed by atoms with Crippen molar-refractivity contribution in [1.29, 1.82) is 0 Å². The maximum Gasteiger partial charge on any atom is 0.266 e. The average Bonchev–Trinajstić information content (AvgIpc) is 3.10. The number of nitrogens with two attached hydrogens (primary N) is 1. The Balaban J connectivity index is 1.42. The highest BCUT2D eigenvalue weighted by atomic mass is 35.5. The van der Waals surface area contributed by atoms with E-state index in [0.29, 0.717) is 23.7 Å². The number of allylic oxidation sites excluding steroid dienone is 2. The Bertz CT molecular complexity index is 1390. The third-order valence-electron chi connectivity index (χ3n) is 6.39. The molecule has 0 saturated heterocycles. The number of nitrogens with one attached hydrogen (secondary N) is 1. The predicted molar refractivity (Wildman–Crippen MR) is 131 cm³/mol. The van der Waals surface area contributed by atoms with E-state index in [1.54, 1.807) is 18.6 Å². The summed E-state index contributed by atoms with van der Waals surface area (Å²) >= 11 is 6.74. The van der Waals surface area contributed by atoms with Crippen LogP contribution in [0.15, 0.2) is 88.4 Å². The van der Waals surface area contributed by atoms with Gasteiger partial charge in [0, 0.05) is 17.0 Å². The number of aromatic nitrogens is 1. The third-order valence-corrected chi connectivity index (χ3v) is 6.70. The van der Waals surface area contributed by atoms with Gasteiger partial charge >= 0.3 is 0 Å². The van der Waals surface area contributed by atoms with Crippen molar-refractivity contribution in [2.24, 2.45) is 21.7 Å². The number of aliphatic hydroxyl groups is 1. The number of anilines is 2. The quantitative estimate of drug-likeness (QED) is 0.393. The van der Waals surface area contributed by atoms with Crippen molar-refractivity contribution in [3.05, 3.63) is 89.0 Å². The SMILES string of the molecule is N[N+]12C=CN=CC1=C(C1CC(O)C1)N=C2c1cc2nc(Nc3ccccc3)ccc2cc1Cl. The largest absolute Gasteiger partial charge is 0.393 e. The number of hydrogen-bond donors (Lipinski definition) is 3. The Morgan fingerprint density at radius 1 is 1.09 bits per heavy atom. The molecule has 4 N–H and O–H groups in total. The number of fused-ring (bicyclic) bond motifs is 2. The molecule has 3 aromatic rings. The van der Waals surface area contributed by atoms with Gasteiger partial charge in [0.15, 0.2) is 0 Å². The number of pyridine rings is 1. The van der Waals surface area contributed by atoms with Gasteiger partial charge < -0.3 is 10.4 Å². The van der Waals surface area contributed by atoms with Crippen LogP contribution in [-0.4, -0.2) is 32.8 Å². The van der Waals surface area contributed by atoms with E-state index in [0.717, 1.165) is 39.4 Å². The first-order valence-electron chi connectivity index (χ1n) is 10.8. The van der Waals surface area contributed by atoms with E-state index in [9.17, 15) is 5.11 Å². The molecule has 1 aromatic heterocycles. The Kier molecular flexibility index (Phi) is 4.67. The molecule has 1 aliphatic carbocycles. The van der Waals surface area contributed by atoms with Gasteiger partial charge in [0.25, 0.3) is 5.84 Å². The summed E-state index contributed by atoms with van der Waals surface area (Å²) in [5, 5.41) is 14.6. The Morgan fingerprint density at radius 2 is 1.91 bits per heavy atom. The summed E-state index contributed by atoms with van der Waals surface area (Å²) in [6, 6.07) is 17.7. The van der Waals surface area contributed by atoms with Crippen LogP contribution in [-0.2, 0) is 0 Å². The topological polar surface area (TPSA) is 95.9 Å². The number of hydrogen-bond acceptors (Lipinski definition) is 6. The van der Waals surface area contributed by atoms with Crippen molar-refractivity contribution in [1.82, 2.24) is 4.98 Å². The smallest absolute Gasteiger partial charge is 0.266 e. The number of nitrogens with zero attached hydrogens (tertiary/aromatic N) is 4. The standard InChI is InChI=1S/C25H22ClN6O/c26-20-12-15-6-7-23(29-17-4-2-1-3-5-17)30-21(15)13-19(20)25-31-24(16-10-18(33)11-16)22-14-28-8-9-32(22,25)27/h1-9,12-14,16,18,33H,10-11,27H2,(H,29,30)/q+1. The summed E-state index contributed by atoms with van der Waals surface area (Å²) in [7, 11) is 0. The summed E-state index contributed by atoms with van der Waals surface area (Å²) in [4.78, 5) is 14.0. The first-order valence-corrected chi connectivity index (χ1v) is 11.2. The highest BCUT2D eigenvalue weighted by Crippen LogP contribution is 2.43. The molecular weight excluding hydrogens is 436 g/mol. The molecule has 33 heavy (non-hydrogen) atoms. The minimum atomic E-state index is -0.290. The van der Waals surface area contributed by atoms with Crippen LogP contribution in [0.3, 0.4) is 0 Å². The van der Waals surface area contributed by atoms with E-state index >= 15 is 0 Å². The van der Waals surface area contributed by atoms with Gasteiger partial charge in [-0.05, 0) is 49.2 Å². The van der Waals surface area contributed by atoms with Crippen molar-refractivity contribution in [2.45, 2.75) is 18.9 Å². The van der Waals surface area contributed by atoms with E-state index in [4.69, 9.17) is 27.4 Å². The molecule has 0 spiro atoms. The average molecular weight is 458 g/mol. The van der Waals surface area contributed by atoms with E-state index in [1.807, 2.05) is 54.6 Å². The molecule has 2 aromatic carbocycles. The normalized spacial score (nSPS) is 25.7. The summed E-state index contributed by atoms with van der Waals surface area (Å²) in [5.41, 5.74) is 4.16. The molecule has 0 bridgehead atoms. The summed E-state index contributed by atoms with van der Waals surface area (Å²) in [6.07, 6.45) is 6.29.